The molecule has 2 amide bonds. The van der Waals surface area contributed by atoms with E-state index in [1.807, 2.05) is 0 Å². The van der Waals surface area contributed by atoms with Crippen LogP contribution in [0.25, 0.3) is 0 Å². The minimum Gasteiger partial charge on any atom is -0.481 e. The highest BCUT2D eigenvalue weighted by molar-refractivity contribution is 5.74. The van der Waals surface area contributed by atoms with E-state index >= 15 is 0 Å². The van der Waals surface area contributed by atoms with Gasteiger partial charge in [0.05, 0.1) is 6.10 Å². The number of carboxylic acid groups (broad SMARTS) is 1. The molecular weight excluding hydrogens is 264 g/mol. The Balaban J connectivity index is 3.69. The number of nitrogens with one attached hydrogen (secondary N) is 2. The van der Waals surface area contributed by atoms with Crippen molar-refractivity contribution in [1.82, 2.24) is 10.6 Å². The summed E-state index contributed by atoms with van der Waals surface area (Å²) in [6.07, 6.45) is 1.02. The topological polar surface area (TPSA) is 105 Å². The lowest BCUT2D eigenvalue weighted by atomic mass is 10.2. The molecule has 7 nitrogen and oxygen atoms in total. The highest BCUT2D eigenvalue weighted by atomic mass is 16.5. The molecule has 0 aromatic carbocycles. The quantitative estimate of drug-likeness (QED) is 0.438. The first-order valence-corrected chi connectivity index (χ1v) is 6.77. The zero-order valence-corrected chi connectivity index (χ0v) is 12.3. The van der Waals surface area contributed by atoms with E-state index < -0.39 is 5.97 Å². The Morgan fingerprint density at radius 3 is 2.35 bits per heavy atom. The summed E-state index contributed by atoms with van der Waals surface area (Å²) in [6.45, 7) is 5.66. The first-order valence-electron chi connectivity index (χ1n) is 6.77. The third-order valence-electron chi connectivity index (χ3n) is 2.38. The molecule has 1 atom stereocenters. The first kappa shape index (κ1) is 18.2. The van der Waals surface area contributed by atoms with Gasteiger partial charge in [0.1, 0.15) is 0 Å². The van der Waals surface area contributed by atoms with Crippen LogP contribution in [0.3, 0.4) is 0 Å². The van der Waals surface area contributed by atoms with Crippen LogP contribution in [0, 0.1) is 0 Å². The smallest absolute Gasteiger partial charge is 0.314 e. The molecule has 116 valence electrons. The Kier molecular flexibility index (Phi) is 9.15. The van der Waals surface area contributed by atoms with Crippen molar-refractivity contribution in [2.45, 2.75) is 58.6 Å². The van der Waals surface area contributed by atoms with Crippen LogP contribution in [-0.4, -0.2) is 41.8 Å². The predicted molar refractivity (Wildman–Crippen MR) is 73.3 cm³/mol. The zero-order chi connectivity index (χ0) is 15.5. The van der Waals surface area contributed by atoms with E-state index in [0.717, 1.165) is 0 Å². The number of urea groups is 1. The van der Waals surface area contributed by atoms with Crippen molar-refractivity contribution in [3.05, 3.63) is 0 Å². The summed E-state index contributed by atoms with van der Waals surface area (Å²) >= 11 is 0. The maximum absolute atomic E-state index is 11.4. The van der Waals surface area contributed by atoms with Gasteiger partial charge in [-0.1, -0.05) is 0 Å². The molecule has 20 heavy (non-hydrogen) atoms. The van der Waals surface area contributed by atoms with Crippen molar-refractivity contribution in [3.8, 4) is 0 Å². The van der Waals surface area contributed by atoms with Crippen molar-refractivity contribution >= 4 is 18.0 Å². The fourth-order valence-electron chi connectivity index (χ4n) is 1.44. The lowest BCUT2D eigenvalue weighted by Gasteiger charge is -2.14. The van der Waals surface area contributed by atoms with Gasteiger partial charge in [0.25, 0.3) is 0 Å². The van der Waals surface area contributed by atoms with Crippen LogP contribution in [0.15, 0.2) is 0 Å². The Bertz CT molecular complexity index is 331. The normalized spacial score (nSPS) is 11.8. The van der Waals surface area contributed by atoms with Crippen molar-refractivity contribution in [2.75, 3.05) is 6.54 Å². The minimum absolute atomic E-state index is 0.0247. The maximum atomic E-state index is 11.4. The molecule has 0 saturated carbocycles. The van der Waals surface area contributed by atoms with Crippen LogP contribution >= 0.6 is 0 Å². The van der Waals surface area contributed by atoms with Gasteiger partial charge >= 0.3 is 18.0 Å². The number of hydrogen-bond donors (Lipinski definition) is 3. The van der Waals surface area contributed by atoms with E-state index in [-0.39, 0.29) is 37.0 Å². The molecule has 0 aromatic heterocycles. The molecular formula is C13H24N2O5. The van der Waals surface area contributed by atoms with Crippen molar-refractivity contribution in [1.29, 1.82) is 0 Å². The Labute approximate surface area is 119 Å². The second kappa shape index (κ2) is 10.1. The molecule has 0 heterocycles. The van der Waals surface area contributed by atoms with Gasteiger partial charge in [0, 0.05) is 25.4 Å². The number of aliphatic carboxylic acids is 1. The summed E-state index contributed by atoms with van der Waals surface area (Å²) in [5.41, 5.74) is 0. The molecule has 0 saturated heterocycles. The Morgan fingerprint density at radius 1 is 1.15 bits per heavy atom. The van der Waals surface area contributed by atoms with Gasteiger partial charge in [0.15, 0.2) is 0 Å². The molecule has 0 aliphatic rings. The Hall–Kier alpha value is -1.79. The SMILES string of the molecule is CC(CCC(=O)OC(C)C)NC(=O)NCCCC(=O)O. The molecule has 0 radical (unpaired) electrons. The molecule has 0 bridgehead atoms. The summed E-state index contributed by atoms with van der Waals surface area (Å²) in [6, 6.07) is -0.519. The van der Waals surface area contributed by atoms with Crippen molar-refractivity contribution in [2.24, 2.45) is 0 Å². The van der Waals surface area contributed by atoms with E-state index in [4.69, 9.17) is 9.84 Å². The number of ether oxygens (including phenoxy) is 1. The zero-order valence-electron chi connectivity index (χ0n) is 12.3. The molecule has 0 aliphatic carbocycles. The number of carboxylic acids is 1. The molecule has 0 fully saturated rings. The number of amides is 2. The van der Waals surface area contributed by atoms with Gasteiger partial charge in [-0.3, -0.25) is 9.59 Å². The van der Waals surface area contributed by atoms with Gasteiger partial charge in [-0.15, -0.1) is 0 Å². The summed E-state index contributed by atoms with van der Waals surface area (Å²) in [4.78, 5) is 33.0. The average Bonchev–Trinajstić information content (AvgIpc) is 2.31. The number of hydrogen-bond acceptors (Lipinski definition) is 4. The average molecular weight is 288 g/mol. The van der Waals surface area contributed by atoms with E-state index in [9.17, 15) is 14.4 Å². The van der Waals surface area contributed by atoms with Crippen LogP contribution in [0.5, 0.6) is 0 Å². The fraction of sp³-hybridized carbons (Fsp3) is 0.769. The number of carbonyl (C=O) groups is 3. The van der Waals surface area contributed by atoms with Gasteiger partial charge in [0.2, 0.25) is 0 Å². The second-order valence-electron chi connectivity index (χ2n) is 4.88. The maximum Gasteiger partial charge on any atom is 0.314 e. The van der Waals surface area contributed by atoms with Gasteiger partial charge in [-0.25, -0.2) is 4.79 Å². The summed E-state index contributed by atoms with van der Waals surface area (Å²) in [5.74, 6) is -1.17. The standard InChI is InChI=1S/C13H24N2O5/c1-9(2)20-12(18)7-6-10(3)15-13(19)14-8-4-5-11(16)17/h9-10H,4-8H2,1-3H3,(H,16,17)(H2,14,15,19). The van der Waals surface area contributed by atoms with E-state index in [1.54, 1.807) is 20.8 Å². The third kappa shape index (κ3) is 11.3. The highest BCUT2D eigenvalue weighted by Gasteiger charge is 2.11. The molecule has 0 rings (SSSR count). The van der Waals surface area contributed by atoms with Crippen LogP contribution in [0.4, 0.5) is 4.79 Å². The molecule has 0 aliphatic heterocycles. The predicted octanol–water partition coefficient (Wildman–Crippen LogP) is 1.27. The lowest BCUT2D eigenvalue weighted by molar-refractivity contribution is -0.147. The Morgan fingerprint density at radius 2 is 1.80 bits per heavy atom. The molecule has 0 aromatic rings. The summed E-state index contributed by atoms with van der Waals surface area (Å²) in [5, 5.41) is 13.7. The van der Waals surface area contributed by atoms with Crippen LogP contribution in [0.1, 0.15) is 46.5 Å². The third-order valence-corrected chi connectivity index (χ3v) is 2.38. The molecule has 0 spiro atoms. The first-order chi connectivity index (χ1) is 9.31. The van der Waals surface area contributed by atoms with Crippen molar-refractivity contribution in [3.63, 3.8) is 0 Å². The minimum atomic E-state index is -0.885. The summed E-state index contributed by atoms with van der Waals surface area (Å²) in [7, 11) is 0. The molecule has 7 heteroatoms. The van der Waals surface area contributed by atoms with Crippen LogP contribution in [0.2, 0.25) is 0 Å². The largest absolute Gasteiger partial charge is 0.481 e. The molecule has 3 N–H and O–H groups in total. The fourth-order valence-corrected chi connectivity index (χ4v) is 1.44. The number of carbonyl (C=O) groups excluding carboxylic acids is 2. The molecule has 1 unspecified atom stereocenters. The van der Waals surface area contributed by atoms with Crippen LogP contribution < -0.4 is 10.6 Å². The van der Waals surface area contributed by atoms with E-state index in [1.165, 1.54) is 0 Å². The van der Waals surface area contributed by atoms with Crippen molar-refractivity contribution < 1.29 is 24.2 Å². The number of rotatable bonds is 9. The monoisotopic (exact) mass is 288 g/mol. The van der Waals surface area contributed by atoms with E-state index in [0.29, 0.717) is 19.4 Å². The van der Waals surface area contributed by atoms with Crippen LogP contribution in [-0.2, 0) is 14.3 Å². The van der Waals surface area contributed by atoms with E-state index in [2.05, 4.69) is 10.6 Å². The van der Waals surface area contributed by atoms with Gasteiger partial charge < -0.3 is 20.5 Å². The highest BCUT2D eigenvalue weighted by Crippen LogP contribution is 2.01. The van der Waals surface area contributed by atoms with Gasteiger partial charge in [-0.05, 0) is 33.6 Å². The summed E-state index contributed by atoms with van der Waals surface area (Å²) < 4.78 is 4.98. The number of esters is 1. The lowest BCUT2D eigenvalue weighted by Crippen LogP contribution is -2.41. The van der Waals surface area contributed by atoms with Gasteiger partial charge in [-0.2, -0.15) is 0 Å². The second-order valence-corrected chi connectivity index (χ2v) is 4.88.